The molecule has 0 amide bonds. The van der Waals surface area contributed by atoms with Gasteiger partial charge in [0.05, 0.1) is 21.8 Å². The summed E-state index contributed by atoms with van der Waals surface area (Å²) in [5.41, 5.74) is 2.85. The molecule has 0 bridgehead atoms. The number of aromatic nitrogens is 2. The maximum Gasteiger partial charge on any atom is 0.337 e. The Balaban J connectivity index is 1.88. The van der Waals surface area contributed by atoms with E-state index in [4.69, 9.17) is 4.98 Å². The molecule has 0 spiro atoms. The first kappa shape index (κ1) is 15.2. The second-order valence-electron chi connectivity index (χ2n) is 5.92. The molecular formula is C17H18N4O2S. The lowest BCUT2D eigenvalue weighted by atomic mass is 10.2. The minimum Gasteiger partial charge on any atom is -0.478 e. The number of aryl methyl sites for hydroxylation is 1. The van der Waals surface area contributed by atoms with Crippen molar-refractivity contribution >= 4 is 28.6 Å². The molecular weight excluding hydrogens is 324 g/mol. The van der Waals surface area contributed by atoms with Crippen LogP contribution in [0.1, 0.15) is 15.2 Å². The predicted molar refractivity (Wildman–Crippen MR) is 95.3 cm³/mol. The fraction of sp³-hybridized carbons (Fsp3) is 0.294. The van der Waals surface area contributed by atoms with Gasteiger partial charge in [-0.15, -0.1) is 11.3 Å². The molecule has 0 aliphatic carbocycles. The van der Waals surface area contributed by atoms with Gasteiger partial charge in [-0.1, -0.05) is 0 Å². The summed E-state index contributed by atoms with van der Waals surface area (Å²) in [7, 11) is 0. The van der Waals surface area contributed by atoms with Crippen LogP contribution in [-0.4, -0.2) is 46.6 Å². The molecule has 4 heterocycles. The molecule has 7 heteroatoms. The Morgan fingerprint density at radius 3 is 2.75 bits per heavy atom. The molecule has 0 saturated carbocycles. The standard InChI is InChI=1S/C17H18N4O2S/c1-11-2-3-15(24-11)13-10-21-9-12(17(22)23)8-14(16(21)19-13)20-6-4-18-5-7-20/h2-3,8-10,18H,4-7H2,1H3,(H,22,23). The van der Waals surface area contributed by atoms with Gasteiger partial charge in [0.15, 0.2) is 5.65 Å². The summed E-state index contributed by atoms with van der Waals surface area (Å²) in [6.45, 7) is 5.54. The van der Waals surface area contributed by atoms with Gasteiger partial charge in [0.1, 0.15) is 0 Å². The van der Waals surface area contributed by atoms with E-state index in [-0.39, 0.29) is 5.56 Å². The van der Waals surface area contributed by atoms with Crippen LogP contribution in [0.15, 0.2) is 30.6 Å². The molecule has 0 atom stereocenters. The van der Waals surface area contributed by atoms with E-state index >= 15 is 0 Å². The van der Waals surface area contributed by atoms with Gasteiger partial charge >= 0.3 is 5.97 Å². The number of nitrogens with zero attached hydrogens (tertiary/aromatic N) is 3. The van der Waals surface area contributed by atoms with E-state index in [0.717, 1.165) is 48.1 Å². The van der Waals surface area contributed by atoms with Crippen LogP contribution in [0.2, 0.25) is 0 Å². The third-order valence-corrected chi connectivity index (χ3v) is 5.25. The van der Waals surface area contributed by atoms with Crippen molar-refractivity contribution in [2.24, 2.45) is 0 Å². The van der Waals surface area contributed by atoms with E-state index in [9.17, 15) is 9.90 Å². The van der Waals surface area contributed by atoms with E-state index in [1.165, 1.54) is 4.88 Å². The number of nitrogens with one attached hydrogen (secondary N) is 1. The number of piperazine rings is 1. The Labute approximate surface area is 143 Å². The van der Waals surface area contributed by atoms with Gasteiger partial charge in [-0.3, -0.25) is 0 Å². The average Bonchev–Trinajstić information content (AvgIpc) is 3.20. The number of carbonyl (C=O) groups is 1. The van der Waals surface area contributed by atoms with Crippen molar-refractivity contribution in [3.05, 3.63) is 41.0 Å². The molecule has 4 rings (SSSR count). The maximum absolute atomic E-state index is 11.5. The molecule has 3 aromatic heterocycles. The minimum absolute atomic E-state index is 0.280. The lowest BCUT2D eigenvalue weighted by molar-refractivity contribution is 0.0696. The third kappa shape index (κ3) is 2.65. The van der Waals surface area contributed by atoms with Crippen molar-refractivity contribution in [2.45, 2.75) is 6.92 Å². The third-order valence-electron chi connectivity index (χ3n) is 4.23. The van der Waals surface area contributed by atoms with Gasteiger partial charge in [0.25, 0.3) is 0 Å². The Kier molecular flexibility index (Phi) is 3.74. The highest BCUT2D eigenvalue weighted by Gasteiger charge is 2.19. The lowest BCUT2D eigenvalue weighted by Crippen LogP contribution is -2.43. The van der Waals surface area contributed by atoms with Crippen molar-refractivity contribution in [1.82, 2.24) is 14.7 Å². The number of hydrogen-bond donors (Lipinski definition) is 2. The van der Waals surface area contributed by atoms with Crippen LogP contribution in [0.25, 0.3) is 16.2 Å². The summed E-state index contributed by atoms with van der Waals surface area (Å²) in [5, 5.41) is 12.8. The number of aromatic carboxylic acids is 1. The zero-order valence-corrected chi connectivity index (χ0v) is 14.1. The largest absolute Gasteiger partial charge is 0.478 e. The molecule has 24 heavy (non-hydrogen) atoms. The smallest absolute Gasteiger partial charge is 0.337 e. The number of carboxylic acid groups (broad SMARTS) is 1. The van der Waals surface area contributed by atoms with Crippen LogP contribution in [-0.2, 0) is 0 Å². The molecule has 1 aliphatic rings. The summed E-state index contributed by atoms with van der Waals surface area (Å²) in [6, 6.07) is 5.87. The zero-order chi connectivity index (χ0) is 16.7. The van der Waals surface area contributed by atoms with Gasteiger partial charge in [-0.2, -0.15) is 0 Å². The quantitative estimate of drug-likeness (QED) is 0.765. The summed E-state index contributed by atoms with van der Waals surface area (Å²) in [4.78, 5) is 20.8. The number of rotatable bonds is 3. The molecule has 3 aromatic rings. The Hall–Kier alpha value is -2.38. The molecule has 0 aromatic carbocycles. The highest BCUT2D eigenvalue weighted by molar-refractivity contribution is 7.15. The minimum atomic E-state index is -0.921. The summed E-state index contributed by atoms with van der Waals surface area (Å²) < 4.78 is 1.84. The predicted octanol–water partition coefficient (Wildman–Crippen LogP) is 2.48. The molecule has 1 saturated heterocycles. The number of thiophene rings is 1. The molecule has 0 radical (unpaired) electrons. The maximum atomic E-state index is 11.5. The first-order valence-corrected chi connectivity index (χ1v) is 8.72. The van der Waals surface area contributed by atoms with E-state index < -0.39 is 5.97 Å². The average molecular weight is 342 g/mol. The Morgan fingerprint density at radius 2 is 2.08 bits per heavy atom. The number of hydrogen-bond acceptors (Lipinski definition) is 5. The summed E-state index contributed by atoms with van der Waals surface area (Å²) >= 11 is 1.69. The summed E-state index contributed by atoms with van der Waals surface area (Å²) in [6.07, 6.45) is 3.55. The monoisotopic (exact) mass is 342 g/mol. The molecule has 0 unspecified atom stereocenters. The van der Waals surface area contributed by atoms with Crippen LogP contribution in [0.4, 0.5) is 5.69 Å². The fourth-order valence-electron chi connectivity index (χ4n) is 3.03. The van der Waals surface area contributed by atoms with E-state index in [2.05, 4.69) is 29.3 Å². The van der Waals surface area contributed by atoms with E-state index in [1.807, 2.05) is 10.6 Å². The summed E-state index contributed by atoms with van der Waals surface area (Å²) in [5.74, 6) is -0.921. The first-order valence-electron chi connectivity index (χ1n) is 7.90. The van der Waals surface area contributed by atoms with Crippen molar-refractivity contribution in [3.63, 3.8) is 0 Å². The zero-order valence-electron chi connectivity index (χ0n) is 13.3. The molecule has 1 fully saturated rings. The molecule has 1 aliphatic heterocycles. The van der Waals surface area contributed by atoms with Crippen LogP contribution in [0.3, 0.4) is 0 Å². The topological polar surface area (TPSA) is 69.9 Å². The molecule has 2 N–H and O–H groups in total. The van der Waals surface area contributed by atoms with Crippen LogP contribution >= 0.6 is 11.3 Å². The van der Waals surface area contributed by atoms with E-state index in [1.54, 1.807) is 23.6 Å². The number of imidazole rings is 1. The lowest BCUT2D eigenvalue weighted by Gasteiger charge is -2.29. The highest BCUT2D eigenvalue weighted by atomic mass is 32.1. The second kappa shape index (κ2) is 5.92. The normalized spacial score (nSPS) is 15.1. The van der Waals surface area contributed by atoms with Gasteiger partial charge in [-0.05, 0) is 25.1 Å². The molecule has 6 nitrogen and oxygen atoms in total. The number of pyridine rings is 1. The molecule has 124 valence electrons. The first-order chi connectivity index (χ1) is 11.6. The Bertz CT molecular complexity index is 909. The SMILES string of the molecule is Cc1ccc(-c2cn3cc(C(=O)O)cc(N4CCNCC4)c3n2)s1. The Morgan fingerprint density at radius 1 is 1.29 bits per heavy atom. The number of fused-ring (bicyclic) bond motifs is 1. The van der Waals surface area contributed by atoms with Gasteiger partial charge < -0.3 is 19.7 Å². The number of carboxylic acids is 1. The van der Waals surface area contributed by atoms with Crippen LogP contribution < -0.4 is 10.2 Å². The van der Waals surface area contributed by atoms with Crippen LogP contribution in [0.5, 0.6) is 0 Å². The van der Waals surface area contributed by atoms with Gasteiger partial charge in [-0.25, -0.2) is 9.78 Å². The van der Waals surface area contributed by atoms with Gasteiger partial charge in [0.2, 0.25) is 0 Å². The fourth-order valence-corrected chi connectivity index (χ4v) is 3.85. The number of anilines is 1. The van der Waals surface area contributed by atoms with Crippen LogP contribution in [0, 0.1) is 6.92 Å². The van der Waals surface area contributed by atoms with Crippen molar-refractivity contribution in [2.75, 3.05) is 31.1 Å². The van der Waals surface area contributed by atoms with Gasteiger partial charge in [0, 0.05) is 43.4 Å². The van der Waals surface area contributed by atoms with Crippen molar-refractivity contribution in [3.8, 4) is 10.6 Å². The van der Waals surface area contributed by atoms with Crippen molar-refractivity contribution in [1.29, 1.82) is 0 Å². The highest BCUT2D eigenvalue weighted by Crippen LogP contribution is 2.30. The van der Waals surface area contributed by atoms with E-state index in [0.29, 0.717) is 0 Å². The second-order valence-corrected chi connectivity index (χ2v) is 7.21. The van der Waals surface area contributed by atoms with Crippen molar-refractivity contribution < 1.29 is 9.90 Å².